The Morgan fingerprint density at radius 2 is 1.81 bits per heavy atom. The van der Waals surface area contributed by atoms with Gasteiger partial charge in [0.15, 0.2) is 6.61 Å². The molecule has 0 bridgehead atoms. The molecule has 0 atom stereocenters. The van der Waals surface area contributed by atoms with Crippen LogP contribution in [0.4, 0.5) is 4.79 Å². The van der Waals surface area contributed by atoms with E-state index in [1.807, 2.05) is 36.4 Å². The zero-order valence-electron chi connectivity index (χ0n) is 20.8. The predicted molar refractivity (Wildman–Crippen MR) is 146 cm³/mol. The second-order valence-electron chi connectivity index (χ2n) is 9.86. The number of imide groups is 1. The summed E-state index contributed by atoms with van der Waals surface area (Å²) < 4.78 is 5.37. The van der Waals surface area contributed by atoms with Crippen LogP contribution in [0.3, 0.4) is 0 Å². The van der Waals surface area contributed by atoms with Crippen LogP contribution in [0, 0.1) is 0 Å². The number of esters is 1. The molecule has 0 fully saturated rings. The zero-order chi connectivity index (χ0) is 26.7. The fourth-order valence-corrected chi connectivity index (χ4v) is 4.56. The Hall–Kier alpha value is -3.42. The monoisotopic (exact) mass is 539 g/mol. The van der Waals surface area contributed by atoms with Crippen LogP contribution in [0.1, 0.15) is 60.8 Å². The molecule has 1 aliphatic carbocycles. The molecule has 4 rings (SSSR count). The van der Waals surface area contributed by atoms with Gasteiger partial charge in [0.25, 0.3) is 5.91 Å². The van der Waals surface area contributed by atoms with Gasteiger partial charge < -0.3 is 10.1 Å². The van der Waals surface area contributed by atoms with E-state index in [1.165, 1.54) is 0 Å². The zero-order valence-corrected chi connectivity index (χ0v) is 22.3. The van der Waals surface area contributed by atoms with Crippen LogP contribution in [0.2, 0.25) is 10.0 Å². The Labute approximate surface area is 225 Å². The molecule has 1 heterocycles. The maximum absolute atomic E-state index is 13.3. The van der Waals surface area contributed by atoms with E-state index in [0.717, 1.165) is 35.2 Å². The Bertz CT molecular complexity index is 1430. The summed E-state index contributed by atoms with van der Waals surface area (Å²) in [6.45, 7) is 4.78. The maximum Gasteiger partial charge on any atom is 0.339 e. The Morgan fingerprint density at radius 3 is 2.54 bits per heavy atom. The molecular weight excluding hydrogens is 513 g/mol. The van der Waals surface area contributed by atoms with Gasteiger partial charge >= 0.3 is 12.0 Å². The van der Waals surface area contributed by atoms with Gasteiger partial charge in [-0.1, -0.05) is 47.5 Å². The molecule has 3 aromatic rings. The fraction of sp³-hybridized carbons (Fsp3) is 0.286. The van der Waals surface area contributed by atoms with Gasteiger partial charge in [0.1, 0.15) is 0 Å². The summed E-state index contributed by atoms with van der Waals surface area (Å²) in [5.41, 5.74) is 3.84. The molecule has 3 amide bonds. The summed E-state index contributed by atoms with van der Waals surface area (Å²) in [5, 5.41) is 6.38. The molecule has 9 heteroatoms. The number of hydrogen-bond acceptors (Lipinski definition) is 5. The number of para-hydroxylation sites is 1. The topological polar surface area (TPSA) is 97.4 Å². The van der Waals surface area contributed by atoms with E-state index < -0.39 is 30.1 Å². The number of carbonyl (C=O) groups is 3. The van der Waals surface area contributed by atoms with Crippen LogP contribution in [-0.4, -0.2) is 35.0 Å². The van der Waals surface area contributed by atoms with Crippen molar-refractivity contribution in [3.8, 4) is 0 Å². The molecule has 2 aromatic carbocycles. The Kier molecular flexibility index (Phi) is 7.85. The van der Waals surface area contributed by atoms with Gasteiger partial charge in [-0.2, -0.15) is 0 Å². The van der Waals surface area contributed by atoms with E-state index >= 15 is 0 Å². The molecule has 0 unspecified atom stereocenters. The van der Waals surface area contributed by atoms with Crippen LogP contribution in [0.5, 0.6) is 0 Å². The summed E-state index contributed by atoms with van der Waals surface area (Å²) in [4.78, 5) is 42.4. The number of rotatable bonds is 4. The van der Waals surface area contributed by atoms with E-state index in [0.29, 0.717) is 32.9 Å². The predicted octanol–water partition coefficient (Wildman–Crippen LogP) is 6.20. The van der Waals surface area contributed by atoms with Gasteiger partial charge in [0.2, 0.25) is 0 Å². The third-order valence-corrected chi connectivity index (χ3v) is 6.47. The normalized spacial score (nSPS) is 14.2. The van der Waals surface area contributed by atoms with Crippen LogP contribution in [0.15, 0.2) is 42.5 Å². The first-order chi connectivity index (χ1) is 17.5. The molecule has 0 aliphatic heterocycles. The number of nitrogens with one attached hydrogen (secondary N) is 2. The number of amides is 3. The third kappa shape index (κ3) is 6.48. The second-order valence-corrected chi connectivity index (χ2v) is 10.7. The van der Waals surface area contributed by atoms with Crippen molar-refractivity contribution < 1.29 is 19.1 Å². The number of urea groups is 1. The molecule has 37 heavy (non-hydrogen) atoms. The molecule has 7 nitrogen and oxygen atoms in total. The van der Waals surface area contributed by atoms with Gasteiger partial charge in [-0.05, 0) is 81.0 Å². The lowest BCUT2D eigenvalue weighted by Gasteiger charge is -2.22. The highest BCUT2D eigenvalue weighted by molar-refractivity contribution is 6.42. The van der Waals surface area contributed by atoms with Crippen molar-refractivity contribution in [1.82, 2.24) is 15.6 Å². The summed E-state index contributed by atoms with van der Waals surface area (Å²) in [6, 6.07) is 12.1. The first kappa shape index (κ1) is 26.6. The number of allylic oxidation sites excluding steroid dienone is 1. The number of benzene rings is 2. The lowest BCUT2D eigenvalue weighted by molar-refractivity contribution is -0.123. The number of fused-ring (bicyclic) bond motifs is 2. The minimum absolute atomic E-state index is 0.382. The lowest BCUT2D eigenvalue weighted by Crippen LogP contribution is -2.49. The first-order valence-corrected chi connectivity index (χ1v) is 12.6. The summed E-state index contributed by atoms with van der Waals surface area (Å²) in [7, 11) is 0. The lowest BCUT2D eigenvalue weighted by atomic mass is 9.86. The third-order valence-electron chi connectivity index (χ3n) is 5.73. The van der Waals surface area contributed by atoms with E-state index in [9.17, 15) is 14.4 Å². The van der Waals surface area contributed by atoms with Crippen molar-refractivity contribution in [2.75, 3.05) is 6.61 Å². The quantitative estimate of drug-likeness (QED) is 0.384. The van der Waals surface area contributed by atoms with E-state index in [2.05, 4.69) is 10.6 Å². The number of pyridine rings is 1. The van der Waals surface area contributed by atoms with E-state index in [4.69, 9.17) is 32.9 Å². The van der Waals surface area contributed by atoms with Crippen LogP contribution in [-0.2, 0) is 16.0 Å². The first-order valence-electron chi connectivity index (χ1n) is 11.9. The van der Waals surface area contributed by atoms with Crippen molar-refractivity contribution in [3.05, 3.63) is 74.9 Å². The van der Waals surface area contributed by atoms with Gasteiger partial charge in [0, 0.05) is 10.9 Å². The number of ether oxygens (including phenoxy) is 1. The highest BCUT2D eigenvalue weighted by Crippen LogP contribution is 2.37. The second kappa shape index (κ2) is 10.9. The Morgan fingerprint density at radius 1 is 1.05 bits per heavy atom. The largest absolute Gasteiger partial charge is 0.452 e. The highest BCUT2D eigenvalue weighted by atomic mass is 35.5. The average molecular weight is 540 g/mol. The van der Waals surface area contributed by atoms with Crippen LogP contribution < -0.4 is 10.6 Å². The molecule has 2 N–H and O–H groups in total. The van der Waals surface area contributed by atoms with Crippen molar-refractivity contribution in [1.29, 1.82) is 0 Å². The molecule has 0 saturated carbocycles. The standard InChI is InChI=1S/C28H27Cl2N3O4/c1-28(2,3)33-27(36)32-23(34)15-37-26(35)24-18-8-4-5-10-22(18)31-25-17(7-6-9-19(24)25)13-16-11-12-20(29)21(30)14-16/h4-5,8,10-14H,6-7,9,15H2,1-3H3,(H2,32,33,34,36). The van der Waals surface area contributed by atoms with Crippen molar-refractivity contribution in [3.63, 3.8) is 0 Å². The van der Waals surface area contributed by atoms with Gasteiger partial charge in [-0.25, -0.2) is 14.6 Å². The van der Waals surface area contributed by atoms with Gasteiger partial charge in [0.05, 0.1) is 26.8 Å². The van der Waals surface area contributed by atoms with Crippen LogP contribution >= 0.6 is 23.2 Å². The highest BCUT2D eigenvalue weighted by Gasteiger charge is 2.26. The van der Waals surface area contributed by atoms with E-state index in [1.54, 1.807) is 32.9 Å². The van der Waals surface area contributed by atoms with Gasteiger partial charge in [-0.15, -0.1) is 0 Å². The number of halogens is 2. The van der Waals surface area contributed by atoms with Crippen LogP contribution in [0.25, 0.3) is 22.6 Å². The van der Waals surface area contributed by atoms with Crippen molar-refractivity contribution in [2.24, 2.45) is 0 Å². The number of carbonyl (C=O) groups excluding carboxylic acids is 3. The molecular formula is C28H27Cl2N3O4. The Balaban J connectivity index is 1.64. The number of aromatic nitrogens is 1. The van der Waals surface area contributed by atoms with Crippen molar-refractivity contribution >= 4 is 63.7 Å². The number of hydrogen-bond donors (Lipinski definition) is 2. The summed E-state index contributed by atoms with van der Waals surface area (Å²) in [5.74, 6) is -1.36. The van der Waals surface area contributed by atoms with Crippen molar-refractivity contribution in [2.45, 2.75) is 45.6 Å². The molecule has 1 aliphatic rings. The SMILES string of the molecule is CC(C)(C)NC(=O)NC(=O)COC(=O)c1c2c(nc3ccccc13)C(=Cc1ccc(Cl)c(Cl)c1)CCC2. The number of nitrogens with zero attached hydrogens (tertiary/aromatic N) is 1. The maximum atomic E-state index is 13.3. The molecule has 0 saturated heterocycles. The molecule has 192 valence electrons. The summed E-state index contributed by atoms with van der Waals surface area (Å²) >= 11 is 12.3. The minimum Gasteiger partial charge on any atom is -0.452 e. The summed E-state index contributed by atoms with van der Waals surface area (Å²) in [6.07, 6.45) is 4.22. The average Bonchev–Trinajstić information content (AvgIpc) is 2.82. The fourth-order valence-electron chi connectivity index (χ4n) is 4.25. The smallest absolute Gasteiger partial charge is 0.339 e. The van der Waals surface area contributed by atoms with E-state index in [-0.39, 0.29) is 0 Å². The molecule has 0 radical (unpaired) electrons. The van der Waals surface area contributed by atoms with Gasteiger partial charge in [-0.3, -0.25) is 10.1 Å². The molecule has 1 aromatic heterocycles. The molecule has 0 spiro atoms. The minimum atomic E-state index is -0.720.